The maximum atomic E-state index is 12.4. The van der Waals surface area contributed by atoms with E-state index >= 15 is 0 Å². The van der Waals surface area contributed by atoms with Crippen molar-refractivity contribution >= 4 is 11.9 Å². The molecule has 1 N–H and O–H groups in total. The van der Waals surface area contributed by atoms with E-state index in [0.717, 1.165) is 12.0 Å². The van der Waals surface area contributed by atoms with Crippen LogP contribution in [-0.4, -0.2) is 34.5 Å². The van der Waals surface area contributed by atoms with Gasteiger partial charge in [-0.3, -0.25) is 4.79 Å². The highest BCUT2D eigenvalue weighted by Gasteiger charge is 2.36. The summed E-state index contributed by atoms with van der Waals surface area (Å²) in [5, 5.41) is 9.15. The van der Waals surface area contributed by atoms with Crippen LogP contribution in [0.5, 0.6) is 0 Å². The monoisotopic (exact) mass is 275 g/mol. The van der Waals surface area contributed by atoms with Crippen molar-refractivity contribution in [1.29, 1.82) is 0 Å². The normalized spacial score (nSPS) is 19.1. The van der Waals surface area contributed by atoms with Gasteiger partial charge in [-0.1, -0.05) is 44.2 Å². The molecule has 1 amide bonds. The summed E-state index contributed by atoms with van der Waals surface area (Å²) in [6.45, 7) is 4.60. The van der Waals surface area contributed by atoms with E-state index < -0.39 is 12.0 Å². The lowest BCUT2D eigenvalue weighted by molar-refractivity contribution is -0.148. The number of carbonyl (C=O) groups excluding carboxylic acids is 1. The third-order valence-electron chi connectivity index (χ3n) is 4.01. The second-order valence-electron chi connectivity index (χ2n) is 6.01. The number of nitrogens with zero attached hydrogens (tertiary/aromatic N) is 1. The van der Waals surface area contributed by atoms with E-state index in [0.29, 0.717) is 19.4 Å². The maximum Gasteiger partial charge on any atom is 0.326 e. The zero-order valence-electron chi connectivity index (χ0n) is 12.0. The Morgan fingerprint density at radius 1 is 1.30 bits per heavy atom. The van der Waals surface area contributed by atoms with Crippen molar-refractivity contribution in [2.45, 2.75) is 44.6 Å². The average molecular weight is 275 g/mol. The van der Waals surface area contributed by atoms with E-state index in [2.05, 4.69) is 0 Å². The van der Waals surface area contributed by atoms with E-state index in [9.17, 15) is 9.59 Å². The first-order valence-electron chi connectivity index (χ1n) is 6.99. The third-order valence-corrected chi connectivity index (χ3v) is 4.01. The first-order valence-corrected chi connectivity index (χ1v) is 6.99. The van der Waals surface area contributed by atoms with Crippen LogP contribution in [0.4, 0.5) is 0 Å². The Bertz CT molecular complexity index is 496. The molecule has 0 spiro atoms. The van der Waals surface area contributed by atoms with Gasteiger partial charge in [-0.05, 0) is 23.8 Å². The standard InChI is InChI=1S/C16H21NO3/c1-16(2,12-7-4-3-5-8-12)11-14(18)17-10-6-9-13(17)15(19)20/h3-5,7-8,13H,6,9-11H2,1-2H3,(H,19,20)/t13-/m0/s1. The summed E-state index contributed by atoms with van der Waals surface area (Å²) in [6, 6.07) is 9.23. The molecule has 4 nitrogen and oxygen atoms in total. The fourth-order valence-electron chi connectivity index (χ4n) is 2.79. The van der Waals surface area contributed by atoms with Crippen molar-refractivity contribution in [3.8, 4) is 0 Å². The molecule has 0 unspecified atom stereocenters. The lowest BCUT2D eigenvalue weighted by atomic mass is 9.81. The van der Waals surface area contributed by atoms with E-state index in [1.165, 1.54) is 4.90 Å². The molecule has 0 radical (unpaired) electrons. The number of carboxylic acid groups (broad SMARTS) is 1. The van der Waals surface area contributed by atoms with E-state index in [1.54, 1.807) is 0 Å². The quantitative estimate of drug-likeness (QED) is 0.918. The number of rotatable bonds is 4. The zero-order valence-corrected chi connectivity index (χ0v) is 12.0. The second-order valence-corrected chi connectivity index (χ2v) is 6.01. The lowest BCUT2D eigenvalue weighted by Gasteiger charge is -2.29. The topological polar surface area (TPSA) is 57.6 Å². The molecule has 0 saturated carbocycles. The molecule has 1 aromatic rings. The molecule has 1 heterocycles. The predicted octanol–water partition coefficient (Wildman–Crippen LogP) is 2.43. The van der Waals surface area contributed by atoms with Crippen molar-refractivity contribution in [2.24, 2.45) is 0 Å². The van der Waals surface area contributed by atoms with Gasteiger partial charge in [0.05, 0.1) is 0 Å². The van der Waals surface area contributed by atoms with Crippen LogP contribution in [0, 0.1) is 0 Å². The van der Waals surface area contributed by atoms with Gasteiger partial charge in [0.1, 0.15) is 6.04 Å². The number of carboxylic acids is 1. The molecule has 1 fully saturated rings. The molecule has 20 heavy (non-hydrogen) atoms. The van der Waals surface area contributed by atoms with Crippen LogP contribution in [0.15, 0.2) is 30.3 Å². The van der Waals surface area contributed by atoms with Crippen LogP contribution in [-0.2, 0) is 15.0 Å². The summed E-state index contributed by atoms with van der Waals surface area (Å²) in [4.78, 5) is 25.1. The van der Waals surface area contributed by atoms with Gasteiger partial charge in [0.2, 0.25) is 5.91 Å². The molecular weight excluding hydrogens is 254 g/mol. The molecule has 1 aliphatic rings. The summed E-state index contributed by atoms with van der Waals surface area (Å²) >= 11 is 0. The average Bonchev–Trinajstić information content (AvgIpc) is 2.88. The Kier molecular flexibility index (Phi) is 4.12. The Balaban J connectivity index is 2.09. The van der Waals surface area contributed by atoms with Gasteiger partial charge in [0.15, 0.2) is 0 Å². The first-order chi connectivity index (χ1) is 9.42. The zero-order chi connectivity index (χ0) is 14.8. The smallest absolute Gasteiger partial charge is 0.326 e. The molecule has 2 rings (SSSR count). The van der Waals surface area contributed by atoms with Crippen LogP contribution in [0.1, 0.15) is 38.7 Å². The van der Waals surface area contributed by atoms with Gasteiger partial charge < -0.3 is 10.0 Å². The highest BCUT2D eigenvalue weighted by atomic mass is 16.4. The highest BCUT2D eigenvalue weighted by Crippen LogP contribution is 2.29. The second kappa shape index (κ2) is 5.65. The molecule has 1 aliphatic heterocycles. The summed E-state index contributed by atoms with van der Waals surface area (Å²) in [7, 11) is 0. The minimum absolute atomic E-state index is 0.0660. The van der Waals surface area contributed by atoms with E-state index in [4.69, 9.17) is 5.11 Å². The molecular formula is C16H21NO3. The molecule has 0 bridgehead atoms. The summed E-state index contributed by atoms with van der Waals surface area (Å²) in [5.41, 5.74) is 0.809. The SMILES string of the molecule is CC(C)(CC(=O)N1CCC[C@H]1C(=O)O)c1ccccc1. The maximum absolute atomic E-state index is 12.4. The van der Waals surface area contributed by atoms with Gasteiger partial charge in [-0.2, -0.15) is 0 Å². The van der Waals surface area contributed by atoms with Gasteiger partial charge in [-0.25, -0.2) is 4.79 Å². The molecule has 108 valence electrons. The van der Waals surface area contributed by atoms with E-state index in [1.807, 2.05) is 44.2 Å². The van der Waals surface area contributed by atoms with Gasteiger partial charge in [-0.15, -0.1) is 0 Å². The van der Waals surface area contributed by atoms with Gasteiger partial charge in [0, 0.05) is 13.0 Å². The summed E-state index contributed by atoms with van der Waals surface area (Å²) in [6.07, 6.45) is 1.67. The summed E-state index contributed by atoms with van der Waals surface area (Å²) in [5.74, 6) is -0.961. The Morgan fingerprint density at radius 3 is 2.55 bits per heavy atom. The lowest BCUT2D eigenvalue weighted by Crippen LogP contribution is -2.42. The minimum Gasteiger partial charge on any atom is -0.480 e. The summed E-state index contributed by atoms with van der Waals surface area (Å²) < 4.78 is 0. The largest absolute Gasteiger partial charge is 0.480 e. The van der Waals surface area contributed by atoms with Gasteiger partial charge >= 0.3 is 5.97 Å². The Hall–Kier alpha value is -1.84. The Labute approximate surface area is 119 Å². The number of likely N-dealkylation sites (tertiary alicyclic amines) is 1. The first kappa shape index (κ1) is 14.6. The van der Waals surface area contributed by atoms with Crippen molar-refractivity contribution in [3.05, 3.63) is 35.9 Å². The molecule has 1 atom stereocenters. The number of hydrogen-bond donors (Lipinski definition) is 1. The molecule has 0 aliphatic carbocycles. The molecule has 1 saturated heterocycles. The fourth-order valence-corrected chi connectivity index (χ4v) is 2.79. The molecule has 4 heteroatoms. The predicted molar refractivity (Wildman–Crippen MR) is 76.5 cm³/mol. The van der Waals surface area contributed by atoms with Crippen LogP contribution in [0.2, 0.25) is 0 Å². The number of amides is 1. The number of aliphatic carboxylic acids is 1. The molecule has 0 aromatic heterocycles. The van der Waals surface area contributed by atoms with Crippen LogP contribution < -0.4 is 0 Å². The number of carbonyl (C=O) groups is 2. The fraction of sp³-hybridized carbons (Fsp3) is 0.500. The Morgan fingerprint density at radius 2 is 1.95 bits per heavy atom. The van der Waals surface area contributed by atoms with Gasteiger partial charge in [0.25, 0.3) is 0 Å². The van der Waals surface area contributed by atoms with Crippen molar-refractivity contribution in [3.63, 3.8) is 0 Å². The minimum atomic E-state index is -0.895. The van der Waals surface area contributed by atoms with Crippen molar-refractivity contribution in [2.75, 3.05) is 6.54 Å². The van der Waals surface area contributed by atoms with Crippen molar-refractivity contribution < 1.29 is 14.7 Å². The third kappa shape index (κ3) is 3.00. The molecule has 1 aromatic carbocycles. The van der Waals surface area contributed by atoms with Crippen LogP contribution in [0.3, 0.4) is 0 Å². The number of hydrogen-bond acceptors (Lipinski definition) is 2. The highest BCUT2D eigenvalue weighted by molar-refractivity contribution is 5.85. The van der Waals surface area contributed by atoms with Crippen LogP contribution in [0.25, 0.3) is 0 Å². The van der Waals surface area contributed by atoms with Crippen LogP contribution >= 0.6 is 0 Å². The van der Waals surface area contributed by atoms with E-state index in [-0.39, 0.29) is 11.3 Å². The van der Waals surface area contributed by atoms with Crippen molar-refractivity contribution in [1.82, 2.24) is 4.90 Å². The number of benzene rings is 1.